The van der Waals surface area contributed by atoms with Crippen LogP contribution >= 0.6 is 0 Å². The van der Waals surface area contributed by atoms with Crippen molar-refractivity contribution in [3.05, 3.63) is 64.0 Å². The summed E-state index contributed by atoms with van der Waals surface area (Å²) in [6, 6.07) is 10.5. The number of nitrogens with one attached hydrogen (secondary N) is 1. The van der Waals surface area contributed by atoms with Crippen LogP contribution in [0.25, 0.3) is 0 Å². The summed E-state index contributed by atoms with van der Waals surface area (Å²) < 4.78 is 6.17. The molecule has 0 bridgehead atoms. The number of aryl methyl sites for hydroxylation is 2. The van der Waals surface area contributed by atoms with Gasteiger partial charge in [0.2, 0.25) is 11.8 Å². The number of hydrogen-bond acceptors (Lipinski definition) is 4. The lowest BCUT2D eigenvalue weighted by Gasteiger charge is -2.30. The number of anilines is 1. The van der Waals surface area contributed by atoms with E-state index in [-0.39, 0.29) is 5.92 Å². The predicted octanol–water partition coefficient (Wildman–Crippen LogP) is 4.50. The zero-order valence-corrected chi connectivity index (χ0v) is 15.6. The zero-order chi connectivity index (χ0) is 18.4. The quantitative estimate of drug-likeness (QED) is 0.564. The Kier molecular flexibility index (Phi) is 3.88. The Hall–Kier alpha value is -2.82. The maximum atomic E-state index is 6.75. The van der Waals surface area contributed by atoms with Gasteiger partial charge in [0.1, 0.15) is 0 Å². The maximum absolute atomic E-state index is 6.75. The van der Waals surface area contributed by atoms with Gasteiger partial charge in [0, 0.05) is 28.6 Å². The Balaban J connectivity index is 1.77. The Morgan fingerprint density at radius 2 is 1.93 bits per heavy atom. The van der Waals surface area contributed by atoms with Crippen molar-refractivity contribution in [3.8, 4) is 11.8 Å². The summed E-state index contributed by atoms with van der Waals surface area (Å²) in [5, 5.41) is 7.66. The number of nitrogen functional groups attached to an aromatic ring is 1. The lowest BCUT2D eigenvalue weighted by molar-refractivity contribution is 0.414. The molecule has 1 aliphatic heterocycles. The van der Waals surface area contributed by atoms with Gasteiger partial charge >= 0.3 is 0 Å². The van der Waals surface area contributed by atoms with Gasteiger partial charge in [-0.1, -0.05) is 43.7 Å². The number of ether oxygens (including phenoxy) is 1. The number of fused-ring (bicyclic) bond motifs is 3. The normalized spacial score (nSPS) is 17.6. The second kappa shape index (κ2) is 6.41. The fourth-order valence-electron chi connectivity index (χ4n) is 4.52. The first-order valence-electron chi connectivity index (χ1n) is 9.89. The predicted molar refractivity (Wildman–Crippen MR) is 105 cm³/mol. The first-order valence-corrected chi connectivity index (χ1v) is 9.89. The molecule has 3 N–H and O–H groups in total. The molecular weight excluding hydrogens is 336 g/mol. The Morgan fingerprint density at radius 3 is 2.74 bits per heavy atom. The van der Waals surface area contributed by atoms with Crippen LogP contribution in [0.3, 0.4) is 0 Å². The van der Waals surface area contributed by atoms with Gasteiger partial charge in [-0.3, -0.25) is 5.10 Å². The average molecular weight is 360 g/mol. The third-order valence-electron chi connectivity index (χ3n) is 5.77. The monoisotopic (exact) mass is 360 g/mol. The van der Waals surface area contributed by atoms with Crippen LogP contribution in [0.5, 0.6) is 11.8 Å². The van der Waals surface area contributed by atoms with Crippen molar-refractivity contribution in [2.24, 2.45) is 0 Å². The van der Waals surface area contributed by atoms with Crippen molar-refractivity contribution in [1.82, 2.24) is 15.2 Å². The van der Waals surface area contributed by atoms with Crippen LogP contribution in [0.2, 0.25) is 0 Å². The average Bonchev–Trinajstić information content (AvgIpc) is 3.10. The van der Waals surface area contributed by atoms with E-state index in [2.05, 4.69) is 41.4 Å². The van der Waals surface area contributed by atoms with Crippen molar-refractivity contribution >= 4 is 5.69 Å². The highest BCUT2D eigenvalue weighted by molar-refractivity contribution is 5.69. The van der Waals surface area contributed by atoms with Crippen LogP contribution in [0, 0.1) is 0 Å². The molecule has 1 aliphatic carbocycles. The molecule has 0 amide bonds. The maximum Gasteiger partial charge on any atom is 0.244 e. The van der Waals surface area contributed by atoms with E-state index in [9.17, 15) is 0 Å². The lowest BCUT2D eigenvalue weighted by Crippen LogP contribution is -2.19. The number of pyridine rings is 1. The van der Waals surface area contributed by atoms with E-state index in [1.54, 1.807) is 0 Å². The molecule has 1 aromatic carbocycles. The van der Waals surface area contributed by atoms with Gasteiger partial charge in [-0.15, -0.1) is 5.10 Å². The molecule has 27 heavy (non-hydrogen) atoms. The van der Waals surface area contributed by atoms with Crippen LogP contribution < -0.4 is 10.5 Å². The third kappa shape index (κ3) is 2.52. The van der Waals surface area contributed by atoms with Gasteiger partial charge in [0.25, 0.3) is 0 Å². The molecule has 5 nitrogen and oxygen atoms in total. The number of aromatic amines is 1. The molecule has 0 saturated heterocycles. The number of hydrogen-bond donors (Lipinski definition) is 2. The van der Waals surface area contributed by atoms with Crippen LogP contribution in [-0.4, -0.2) is 15.2 Å². The smallest absolute Gasteiger partial charge is 0.244 e. The summed E-state index contributed by atoms with van der Waals surface area (Å²) in [5.41, 5.74) is 14.4. The Morgan fingerprint density at radius 1 is 1.11 bits per heavy atom. The molecule has 5 rings (SSSR count). The minimum atomic E-state index is 0.00461. The minimum Gasteiger partial charge on any atom is -0.418 e. The highest BCUT2D eigenvalue weighted by Gasteiger charge is 2.37. The highest BCUT2D eigenvalue weighted by Crippen LogP contribution is 2.51. The fourth-order valence-corrected chi connectivity index (χ4v) is 4.52. The van der Waals surface area contributed by atoms with Crippen LogP contribution in [-0.2, 0) is 19.3 Å². The summed E-state index contributed by atoms with van der Waals surface area (Å²) >= 11 is 0. The van der Waals surface area contributed by atoms with Crippen molar-refractivity contribution in [2.75, 3.05) is 5.73 Å². The third-order valence-corrected chi connectivity index (χ3v) is 5.77. The van der Waals surface area contributed by atoms with E-state index in [1.165, 1.54) is 17.5 Å². The van der Waals surface area contributed by atoms with Crippen molar-refractivity contribution < 1.29 is 4.74 Å². The molecule has 3 aromatic rings. The van der Waals surface area contributed by atoms with Gasteiger partial charge < -0.3 is 10.5 Å². The first kappa shape index (κ1) is 16.4. The number of H-pyrrole nitrogens is 1. The van der Waals surface area contributed by atoms with E-state index in [0.717, 1.165) is 60.3 Å². The van der Waals surface area contributed by atoms with E-state index in [1.807, 2.05) is 6.07 Å². The highest BCUT2D eigenvalue weighted by atomic mass is 16.5. The van der Waals surface area contributed by atoms with E-state index < -0.39 is 0 Å². The fraction of sp³-hybridized carbons (Fsp3) is 0.364. The van der Waals surface area contributed by atoms with Crippen LogP contribution in [0.15, 0.2) is 30.3 Å². The summed E-state index contributed by atoms with van der Waals surface area (Å²) in [6.07, 6.45) is 6.29. The topological polar surface area (TPSA) is 76.8 Å². The van der Waals surface area contributed by atoms with Gasteiger partial charge in [-0.2, -0.15) is 0 Å². The van der Waals surface area contributed by atoms with Crippen molar-refractivity contribution in [3.63, 3.8) is 0 Å². The van der Waals surface area contributed by atoms with Gasteiger partial charge in [0.05, 0.1) is 5.56 Å². The summed E-state index contributed by atoms with van der Waals surface area (Å²) in [4.78, 5) is 4.89. The molecule has 0 radical (unpaired) electrons. The van der Waals surface area contributed by atoms with Crippen LogP contribution in [0.1, 0.15) is 65.7 Å². The number of benzene rings is 1. The molecule has 2 aromatic heterocycles. The largest absolute Gasteiger partial charge is 0.418 e. The first-order chi connectivity index (χ1) is 13.3. The minimum absolute atomic E-state index is 0.00461. The molecule has 3 heterocycles. The SMILES string of the molecule is CCCc1[nH]nc2c1C(c1ccccc1)c1c(nc3c(c1N)CCCC3)O2. The second-order valence-electron chi connectivity index (χ2n) is 7.49. The second-order valence-corrected chi connectivity index (χ2v) is 7.49. The number of nitrogens with two attached hydrogens (primary N) is 1. The van der Waals surface area contributed by atoms with Crippen molar-refractivity contribution in [2.45, 2.75) is 51.4 Å². The Labute approximate surface area is 159 Å². The summed E-state index contributed by atoms with van der Waals surface area (Å²) in [7, 11) is 0. The lowest BCUT2D eigenvalue weighted by atomic mass is 9.80. The molecule has 1 unspecified atom stereocenters. The molecule has 0 spiro atoms. The number of rotatable bonds is 3. The number of aromatic nitrogens is 3. The number of nitrogens with zero attached hydrogens (tertiary/aromatic N) is 2. The molecule has 2 aliphatic rings. The molecule has 1 atom stereocenters. The molecule has 138 valence electrons. The van der Waals surface area contributed by atoms with E-state index >= 15 is 0 Å². The molecule has 5 heteroatoms. The van der Waals surface area contributed by atoms with Crippen molar-refractivity contribution in [1.29, 1.82) is 0 Å². The summed E-state index contributed by atoms with van der Waals surface area (Å²) in [5.74, 6) is 1.27. The molecule has 0 fully saturated rings. The van der Waals surface area contributed by atoms with Crippen LogP contribution in [0.4, 0.5) is 5.69 Å². The van der Waals surface area contributed by atoms with E-state index in [4.69, 9.17) is 15.5 Å². The van der Waals surface area contributed by atoms with Gasteiger partial charge in [-0.05, 0) is 43.2 Å². The van der Waals surface area contributed by atoms with Gasteiger partial charge in [-0.25, -0.2) is 4.98 Å². The molecular formula is C22H24N4O. The molecule has 0 saturated carbocycles. The summed E-state index contributed by atoms with van der Waals surface area (Å²) in [6.45, 7) is 2.18. The van der Waals surface area contributed by atoms with Gasteiger partial charge in [0.15, 0.2) is 0 Å². The zero-order valence-electron chi connectivity index (χ0n) is 15.6. The van der Waals surface area contributed by atoms with E-state index in [0.29, 0.717) is 11.8 Å². The Bertz CT molecular complexity index is 993. The standard InChI is InChI=1S/C22H24N4O/c1-2-8-16-18-17(13-9-4-3-5-10-13)19-20(23)14-11-6-7-12-15(14)24-21(19)27-22(18)26-25-16/h3-5,9-10,17H,2,6-8,11-12H2,1H3,(H2,23,24)(H,25,26).